The Bertz CT molecular complexity index is 655. The molecule has 1 heterocycles. The zero-order valence-corrected chi connectivity index (χ0v) is 16.8. The summed E-state index contributed by atoms with van der Waals surface area (Å²) in [6.45, 7) is 6.14. The van der Waals surface area contributed by atoms with E-state index >= 15 is 0 Å². The minimum absolute atomic E-state index is 0.0942. The van der Waals surface area contributed by atoms with Gasteiger partial charge in [0.05, 0.1) is 0 Å². The average Bonchev–Trinajstić information content (AvgIpc) is 2.70. The predicted molar refractivity (Wildman–Crippen MR) is 106 cm³/mol. The van der Waals surface area contributed by atoms with Crippen molar-refractivity contribution in [3.63, 3.8) is 0 Å². The number of unbranched alkanes of at least 4 members (excludes halogenated alkanes) is 1. The lowest BCUT2D eigenvalue weighted by Gasteiger charge is -2.36. The van der Waals surface area contributed by atoms with E-state index in [-0.39, 0.29) is 11.7 Å². The molecule has 1 N–H and O–H groups in total. The molecule has 1 unspecified atom stereocenters. The van der Waals surface area contributed by atoms with E-state index in [1.165, 1.54) is 10.6 Å². The fraction of sp³-hybridized carbons (Fsp3) is 0.591. The minimum atomic E-state index is -0.682. The lowest BCUT2D eigenvalue weighted by Crippen LogP contribution is -2.58. The molecule has 1 fully saturated rings. The molecule has 27 heavy (non-hydrogen) atoms. The molecule has 1 amide bonds. The van der Waals surface area contributed by atoms with Crippen LogP contribution in [0, 0.1) is 5.41 Å². The summed E-state index contributed by atoms with van der Waals surface area (Å²) in [5, 5.41) is 1.43. The topological polar surface area (TPSA) is 66.5 Å². The van der Waals surface area contributed by atoms with Gasteiger partial charge in [0.1, 0.15) is 6.04 Å². The van der Waals surface area contributed by atoms with Gasteiger partial charge < -0.3 is 0 Å². The largest absolute Gasteiger partial charge is 0.290 e. The van der Waals surface area contributed by atoms with Crippen LogP contribution in [0.5, 0.6) is 0 Å². The van der Waals surface area contributed by atoms with Gasteiger partial charge in [-0.25, -0.2) is 5.43 Å². The van der Waals surface area contributed by atoms with Gasteiger partial charge in [0, 0.05) is 18.4 Å². The minimum Gasteiger partial charge on any atom is -0.290 e. The highest BCUT2D eigenvalue weighted by Gasteiger charge is 2.40. The third kappa shape index (κ3) is 5.73. The number of hydrazine groups is 1. The lowest BCUT2D eigenvalue weighted by molar-refractivity contribution is -0.152. The predicted octanol–water partition coefficient (Wildman–Crippen LogP) is 3.47. The van der Waals surface area contributed by atoms with Crippen LogP contribution in [0.25, 0.3) is 0 Å². The maximum absolute atomic E-state index is 12.8. The second-order valence-corrected chi connectivity index (χ2v) is 7.95. The first-order chi connectivity index (χ1) is 12.9. The number of nitrogens with one attached hydrogen (secondary N) is 1. The SMILES string of the molecule is CCC(C)(C)C(=O)C(=O)C1CCCNN1C(=O)CCCCc1ccccc1. The number of carbonyl (C=O) groups is 3. The quantitative estimate of drug-likeness (QED) is 0.532. The van der Waals surface area contributed by atoms with E-state index in [2.05, 4.69) is 17.6 Å². The molecule has 2 rings (SSSR count). The number of hydrogen-bond donors (Lipinski definition) is 1. The molecule has 0 radical (unpaired) electrons. The van der Waals surface area contributed by atoms with Gasteiger partial charge in [0.15, 0.2) is 0 Å². The molecule has 5 nitrogen and oxygen atoms in total. The normalized spacial score (nSPS) is 17.6. The molecule has 5 heteroatoms. The summed E-state index contributed by atoms with van der Waals surface area (Å²) >= 11 is 0. The van der Waals surface area contributed by atoms with E-state index in [1.807, 2.05) is 25.1 Å². The second-order valence-electron chi connectivity index (χ2n) is 7.95. The van der Waals surface area contributed by atoms with Crippen LogP contribution in [0.2, 0.25) is 0 Å². The Morgan fingerprint density at radius 3 is 2.52 bits per heavy atom. The van der Waals surface area contributed by atoms with Crippen molar-refractivity contribution in [2.75, 3.05) is 6.54 Å². The van der Waals surface area contributed by atoms with Crippen molar-refractivity contribution in [2.45, 2.75) is 71.8 Å². The van der Waals surface area contributed by atoms with E-state index in [1.54, 1.807) is 13.8 Å². The maximum atomic E-state index is 12.8. The third-order valence-electron chi connectivity index (χ3n) is 5.49. The first kappa shape index (κ1) is 21.3. The summed E-state index contributed by atoms with van der Waals surface area (Å²) in [4.78, 5) is 38.0. The second kappa shape index (κ2) is 9.79. The van der Waals surface area contributed by atoms with Crippen molar-refractivity contribution in [1.82, 2.24) is 10.4 Å². The monoisotopic (exact) mass is 372 g/mol. The molecule has 0 aromatic heterocycles. The average molecular weight is 373 g/mol. The fourth-order valence-electron chi connectivity index (χ4n) is 3.26. The molecule has 1 aromatic rings. The molecular weight excluding hydrogens is 340 g/mol. The number of Topliss-reactive ketones (excluding diaryl/α,β-unsaturated/α-hetero) is 2. The molecule has 0 bridgehead atoms. The summed E-state index contributed by atoms with van der Waals surface area (Å²) < 4.78 is 0. The van der Waals surface area contributed by atoms with Crippen LogP contribution in [0.15, 0.2) is 30.3 Å². The Labute approximate surface area is 162 Å². The molecule has 1 saturated heterocycles. The number of ketones is 2. The Hall–Kier alpha value is -2.01. The highest BCUT2D eigenvalue weighted by Crippen LogP contribution is 2.24. The van der Waals surface area contributed by atoms with Gasteiger partial charge in [-0.15, -0.1) is 0 Å². The number of aryl methyl sites for hydroxylation is 1. The Morgan fingerprint density at radius 2 is 1.85 bits per heavy atom. The molecule has 1 aliphatic heterocycles. The zero-order valence-electron chi connectivity index (χ0n) is 16.8. The van der Waals surface area contributed by atoms with Crippen LogP contribution in [0.3, 0.4) is 0 Å². The molecule has 1 aliphatic rings. The standard InChI is InChI=1S/C22H32N2O3/c1-4-22(2,3)21(27)20(26)18-14-10-16-23-24(18)19(25)15-9-8-13-17-11-6-5-7-12-17/h5-7,11-12,18,23H,4,8-10,13-16H2,1-3H3. The van der Waals surface area contributed by atoms with E-state index in [0.717, 1.165) is 25.7 Å². The highest BCUT2D eigenvalue weighted by atomic mass is 16.2. The van der Waals surface area contributed by atoms with Crippen LogP contribution < -0.4 is 5.43 Å². The third-order valence-corrected chi connectivity index (χ3v) is 5.49. The van der Waals surface area contributed by atoms with Crippen molar-refractivity contribution in [3.05, 3.63) is 35.9 Å². The molecule has 148 valence electrons. The fourth-order valence-corrected chi connectivity index (χ4v) is 3.26. The van der Waals surface area contributed by atoms with Crippen LogP contribution in [-0.4, -0.2) is 35.1 Å². The van der Waals surface area contributed by atoms with Gasteiger partial charge in [0.2, 0.25) is 17.5 Å². The zero-order chi connectivity index (χ0) is 19.9. The van der Waals surface area contributed by atoms with Gasteiger partial charge in [-0.05, 0) is 44.1 Å². The number of amides is 1. The van der Waals surface area contributed by atoms with Crippen molar-refractivity contribution < 1.29 is 14.4 Å². The van der Waals surface area contributed by atoms with Gasteiger partial charge >= 0.3 is 0 Å². The van der Waals surface area contributed by atoms with Crippen molar-refractivity contribution in [3.8, 4) is 0 Å². The van der Waals surface area contributed by atoms with E-state index in [0.29, 0.717) is 25.8 Å². The molecule has 0 saturated carbocycles. The number of rotatable bonds is 9. The van der Waals surface area contributed by atoms with Gasteiger partial charge in [-0.2, -0.15) is 0 Å². The van der Waals surface area contributed by atoms with E-state index in [9.17, 15) is 14.4 Å². The van der Waals surface area contributed by atoms with Crippen molar-refractivity contribution >= 4 is 17.5 Å². The van der Waals surface area contributed by atoms with E-state index < -0.39 is 17.2 Å². The first-order valence-corrected chi connectivity index (χ1v) is 10.0. The number of nitrogens with zero attached hydrogens (tertiary/aromatic N) is 1. The van der Waals surface area contributed by atoms with Crippen LogP contribution >= 0.6 is 0 Å². The number of benzene rings is 1. The van der Waals surface area contributed by atoms with Gasteiger partial charge in [-0.3, -0.25) is 19.4 Å². The van der Waals surface area contributed by atoms with Crippen LogP contribution in [-0.2, 0) is 20.8 Å². The molecular formula is C22H32N2O3. The Morgan fingerprint density at radius 1 is 1.15 bits per heavy atom. The van der Waals surface area contributed by atoms with Gasteiger partial charge in [0.25, 0.3) is 0 Å². The lowest BCUT2D eigenvalue weighted by atomic mass is 9.81. The Kier molecular flexibility index (Phi) is 7.72. The summed E-state index contributed by atoms with van der Waals surface area (Å²) in [5.41, 5.74) is 3.63. The van der Waals surface area contributed by atoms with Crippen LogP contribution in [0.1, 0.15) is 64.9 Å². The molecule has 1 atom stereocenters. The summed E-state index contributed by atoms with van der Waals surface area (Å²) in [7, 11) is 0. The smallest absolute Gasteiger partial charge is 0.237 e. The van der Waals surface area contributed by atoms with Crippen LogP contribution in [0.4, 0.5) is 0 Å². The highest BCUT2D eigenvalue weighted by molar-refractivity contribution is 6.41. The van der Waals surface area contributed by atoms with Crippen molar-refractivity contribution in [1.29, 1.82) is 0 Å². The maximum Gasteiger partial charge on any atom is 0.237 e. The van der Waals surface area contributed by atoms with Crippen molar-refractivity contribution in [2.24, 2.45) is 5.41 Å². The summed E-state index contributed by atoms with van der Waals surface area (Å²) in [6.07, 6.45) is 4.94. The van der Waals surface area contributed by atoms with E-state index in [4.69, 9.17) is 0 Å². The van der Waals surface area contributed by atoms with Gasteiger partial charge in [-0.1, -0.05) is 51.1 Å². The molecule has 1 aromatic carbocycles. The number of hydrogen-bond acceptors (Lipinski definition) is 4. The molecule has 0 spiro atoms. The summed E-state index contributed by atoms with van der Waals surface area (Å²) in [6, 6.07) is 9.53. The Balaban J connectivity index is 1.90. The molecule has 0 aliphatic carbocycles. The summed E-state index contributed by atoms with van der Waals surface area (Å²) in [5.74, 6) is -0.907. The number of carbonyl (C=O) groups excluding carboxylic acids is 3. The first-order valence-electron chi connectivity index (χ1n) is 10.0.